The Morgan fingerprint density at radius 2 is 2.06 bits per heavy atom. The van der Waals surface area contributed by atoms with Gasteiger partial charge in [-0.1, -0.05) is 19.1 Å². The highest BCUT2D eigenvalue weighted by Gasteiger charge is 2.09. The van der Waals surface area contributed by atoms with E-state index in [0.29, 0.717) is 6.04 Å². The smallest absolute Gasteiger partial charge is 0.0414 e. The monoisotopic (exact) mass is 387 g/mol. The van der Waals surface area contributed by atoms with Gasteiger partial charge in [-0.15, -0.1) is 11.3 Å². The minimum Gasteiger partial charge on any atom is -0.305 e. The molecule has 1 atom stereocenters. The quantitative estimate of drug-likeness (QED) is 0.711. The second kappa shape index (κ2) is 6.85. The average Bonchev–Trinajstić information content (AvgIpc) is 2.88. The van der Waals surface area contributed by atoms with Gasteiger partial charge >= 0.3 is 0 Å². The van der Waals surface area contributed by atoms with Crippen LogP contribution in [0.5, 0.6) is 0 Å². The van der Waals surface area contributed by atoms with E-state index in [4.69, 9.17) is 0 Å². The van der Waals surface area contributed by atoms with Crippen molar-refractivity contribution in [2.45, 2.75) is 25.9 Å². The summed E-state index contributed by atoms with van der Waals surface area (Å²) in [5, 5.41) is 5.74. The lowest BCUT2D eigenvalue weighted by atomic mass is 10.1. The van der Waals surface area contributed by atoms with Crippen LogP contribution >= 0.6 is 43.2 Å². The zero-order chi connectivity index (χ0) is 13.0. The van der Waals surface area contributed by atoms with Crippen molar-refractivity contribution >= 4 is 43.2 Å². The van der Waals surface area contributed by atoms with E-state index >= 15 is 0 Å². The molecule has 0 radical (unpaired) electrons. The lowest BCUT2D eigenvalue weighted by Crippen LogP contribution is -2.19. The van der Waals surface area contributed by atoms with Gasteiger partial charge in [0.25, 0.3) is 0 Å². The van der Waals surface area contributed by atoms with Crippen molar-refractivity contribution in [3.63, 3.8) is 0 Å². The highest BCUT2D eigenvalue weighted by Crippen LogP contribution is 2.25. The fraction of sp³-hybridized carbons (Fsp3) is 0.286. The van der Waals surface area contributed by atoms with Gasteiger partial charge in [0, 0.05) is 26.4 Å². The maximum absolute atomic E-state index is 3.61. The van der Waals surface area contributed by atoms with Crippen LogP contribution in [0.2, 0.25) is 0 Å². The summed E-state index contributed by atoms with van der Waals surface area (Å²) in [5.74, 6) is 0. The van der Waals surface area contributed by atoms with E-state index in [1.807, 2.05) is 11.3 Å². The van der Waals surface area contributed by atoms with E-state index in [1.165, 1.54) is 10.4 Å². The van der Waals surface area contributed by atoms with Crippen LogP contribution in [0.4, 0.5) is 0 Å². The molecule has 18 heavy (non-hydrogen) atoms. The topological polar surface area (TPSA) is 12.0 Å². The third-order valence-corrected chi connectivity index (χ3v) is 5.70. The molecule has 0 aliphatic rings. The first-order chi connectivity index (χ1) is 8.70. The Labute approximate surface area is 129 Å². The number of hydrogen-bond donors (Lipinski definition) is 1. The van der Waals surface area contributed by atoms with Crippen LogP contribution < -0.4 is 5.32 Å². The minimum absolute atomic E-state index is 0.451. The third kappa shape index (κ3) is 3.67. The van der Waals surface area contributed by atoms with Crippen molar-refractivity contribution < 1.29 is 0 Å². The van der Waals surface area contributed by atoms with E-state index in [-0.39, 0.29) is 0 Å². The summed E-state index contributed by atoms with van der Waals surface area (Å²) in [7, 11) is 0. The molecule has 0 saturated heterocycles. The summed E-state index contributed by atoms with van der Waals surface area (Å²) in [6.07, 6.45) is 1.11. The molecule has 1 unspecified atom stereocenters. The number of hydrogen-bond acceptors (Lipinski definition) is 2. The molecule has 2 aromatic rings. The molecule has 0 spiro atoms. The van der Waals surface area contributed by atoms with Gasteiger partial charge in [0.15, 0.2) is 0 Å². The molecule has 2 rings (SSSR count). The van der Waals surface area contributed by atoms with Gasteiger partial charge in [-0.25, -0.2) is 0 Å². The number of rotatable bonds is 5. The summed E-state index contributed by atoms with van der Waals surface area (Å²) >= 11 is 8.84. The molecule has 0 saturated carbocycles. The molecule has 1 heterocycles. The lowest BCUT2D eigenvalue weighted by Gasteiger charge is -2.15. The molecule has 0 bridgehead atoms. The predicted molar refractivity (Wildman–Crippen MR) is 86.0 cm³/mol. The van der Waals surface area contributed by atoms with Gasteiger partial charge in [-0.05, 0) is 67.4 Å². The third-order valence-electron chi connectivity index (χ3n) is 2.83. The zero-order valence-corrected chi connectivity index (χ0v) is 14.1. The number of thiophene rings is 1. The summed E-state index contributed by atoms with van der Waals surface area (Å²) < 4.78 is 2.20. The molecular weight excluding hydrogens is 374 g/mol. The van der Waals surface area contributed by atoms with Crippen LogP contribution in [-0.2, 0) is 6.54 Å². The standard InChI is InChI=1S/C14H15Br2NS/c1-2-13(14-4-3-7-18-14)17-9-10-5-6-11(15)12(16)8-10/h3-8,13,17H,2,9H2,1H3. The molecule has 0 fully saturated rings. The fourth-order valence-corrected chi connectivity index (χ4v) is 3.38. The van der Waals surface area contributed by atoms with Crippen LogP contribution in [0.25, 0.3) is 0 Å². The van der Waals surface area contributed by atoms with Gasteiger partial charge in [0.1, 0.15) is 0 Å². The summed E-state index contributed by atoms with van der Waals surface area (Å²) in [6, 6.07) is 11.1. The maximum Gasteiger partial charge on any atom is 0.0414 e. The second-order valence-corrected chi connectivity index (χ2v) is 6.79. The highest BCUT2D eigenvalue weighted by atomic mass is 79.9. The van der Waals surface area contributed by atoms with E-state index in [0.717, 1.165) is 21.9 Å². The van der Waals surface area contributed by atoms with Crippen LogP contribution in [0, 0.1) is 0 Å². The van der Waals surface area contributed by atoms with Gasteiger partial charge < -0.3 is 5.32 Å². The minimum atomic E-state index is 0.451. The van der Waals surface area contributed by atoms with Crippen molar-refractivity contribution in [1.29, 1.82) is 0 Å². The van der Waals surface area contributed by atoms with Crippen LogP contribution in [0.15, 0.2) is 44.7 Å². The average molecular weight is 389 g/mol. The first-order valence-corrected chi connectivity index (χ1v) is 8.38. The molecule has 96 valence electrons. The molecule has 0 aliphatic carbocycles. The molecule has 4 heteroatoms. The maximum atomic E-state index is 3.61. The summed E-state index contributed by atoms with van der Waals surface area (Å²) in [4.78, 5) is 1.41. The number of nitrogens with one attached hydrogen (secondary N) is 1. The van der Waals surface area contributed by atoms with Crippen LogP contribution in [0.1, 0.15) is 29.8 Å². The first kappa shape index (κ1) is 14.3. The molecule has 1 nitrogen and oxygen atoms in total. The lowest BCUT2D eigenvalue weighted by molar-refractivity contribution is 0.526. The Balaban J connectivity index is 1.99. The van der Waals surface area contributed by atoms with Crippen molar-refractivity contribution in [1.82, 2.24) is 5.32 Å². The highest BCUT2D eigenvalue weighted by molar-refractivity contribution is 9.13. The SMILES string of the molecule is CCC(NCc1ccc(Br)c(Br)c1)c1cccs1. The van der Waals surface area contributed by atoms with Gasteiger partial charge in [-0.3, -0.25) is 0 Å². The van der Waals surface area contributed by atoms with Crippen molar-refractivity contribution in [2.24, 2.45) is 0 Å². The van der Waals surface area contributed by atoms with Gasteiger partial charge in [-0.2, -0.15) is 0 Å². The predicted octanol–water partition coefficient (Wildman–Crippen LogP) is 5.51. The van der Waals surface area contributed by atoms with Crippen molar-refractivity contribution in [3.05, 3.63) is 55.1 Å². The molecule has 1 N–H and O–H groups in total. The summed E-state index contributed by atoms with van der Waals surface area (Å²) in [5.41, 5.74) is 1.29. The zero-order valence-electron chi connectivity index (χ0n) is 10.1. The Bertz CT molecular complexity index is 497. The van der Waals surface area contributed by atoms with Gasteiger partial charge in [0.05, 0.1) is 0 Å². The fourth-order valence-electron chi connectivity index (χ4n) is 1.83. The number of benzene rings is 1. The normalized spacial score (nSPS) is 12.6. The van der Waals surface area contributed by atoms with Crippen LogP contribution in [-0.4, -0.2) is 0 Å². The Morgan fingerprint density at radius 3 is 2.67 bits per heavy atom. The van der Waals surface area contributed by atoms with E-state index in [2.05, 4.69) is 79.8 Å². The Morgan fingerprint density at radius 1 is 1.22 bits per heavy atom. The van der Waals surface area contributed by atoms with Crippen LogP contribution in [0.3, 0.4) is 0 Å². The second-order valence-electron chi connectivity index (χ2n) is 4.11. The molecule has 1 aromatic heterocycles. The van der Waals surface area contributed by atoms with Crippen molar-refractivity contribution in [2.75, 3.05) is 0 Å². The molecular formula is C14H15Br2NS. The molecule has 0 aliphatic heterocycles. The van der Waals surface area contributed by atoms with E-state index < -0.39 is 0 Å². The van der Waals surface area contributed by atoms with Crippen molar-refractivity contribution in [3.8, 4) is 0 Å². The Kier molecular flexibility index (Phi) is 5.42. The van der Waals surface area contributed by atoms with E-state index in [9.17, 15) is 0 Å². The first-order valence-electron chi connectivity index (χ1n) is 5.91. The summed E-state index contributed by atoms with van der Waals surface area (Å²) in [6.45, 7) is 3.11. The molecule has 1 aromatic carbocycles. The van der Waals surface area contributed by atoms with Gasteiger partial charge in [0.2, 0.25) is 0 Å². The largest absolute Gasteiger partial charge is 0.305 e. The van der Waals surface area contributed by atoms with E-state index in [1.54, 1.807) is 0 Å². The Hall–Kier alpha value is -0.160. The number of halogens is 2. The molecule has 0 amide bonds.